The van der Waals surface area contributed by atoms with Crippen molar-refractivity contribution >= 4 is 29.5 Å². The third kappa shape index (κ3) is 15.7. The first-order valence-corrected chi connectivity index (χ1v) is 15.9. The summed E-state index contributed by atoms with van der Waals surface area (Å²) in [5.41, 5.74) is 5.25. The van der Waals surface area contributed by atoms with Crippen LogP contribution in [0.2, 0.25) is 0 Å². The molecular formula is C31H54N4O9. The molecule has 3 rings (SSSR count). The molecule has 5 amide bonds. The van der Waals surface area contributed by atoms with E-state index in [0.29, 0.717) is 97.9 Å². The molecule has 1 saturated carbocycles. The second-order valence-electron chi connectivity index (χ2n) is 10.4. The highest BCUT2D eigenvalue weighted by Gasteiger charge is 2.30. The van der Waals surface area contributed by atoms with Gasteiger partial charge >= 0.3 is 0 Å². The molecule has 0 aromatic carbocycles. The Morgan fingerprint density at radius 1 is 0.750 bits per heavy atom. The van der Waals surface area contributed by atoms with E-state index < -0.39 is 0 Å². The molecule has 0 atom stereocenters. The molecular weight excluding hydrogens is 572 g/mol. The van der Waals surface area contributed by atoms with E-state index in [4.69, 9.17) is 24.7 Å². The van der Waals surface area contributed by atoms with Gasteiger partial charge in [-0.25, -0.2) is 0 Å². The summed E-state index contributed by atoms with van der Waals surface area (Å²) in [5.74, 6) is -0.285. The Bertz CT molecular complexity index is 881. The lowest BCUT2D eigenvalue weighted by Crippen LogP contribution is -2.50. The summed E-state index contributed by atoms with van der Waals surface area (Å²) >= 11 is 0. The van der Waals surface area contributed by atoms with Gasteiger partial charge in [0.1, 0.15) is 0 Å². The first-order valence-electron chi connectivity index (χ1n) is 15.9. The van der Waals surface area contributed by atoms with Crippen molar-refractivity contribution in [1.82, 2.24) is 14.7 Å². The van der Waals surface area contributed by atoms with Gasteiger partial charge < -0.3 is 34.5 Å². The zero-order chi connectivity index (χ0) is 32.7. The zero-order valence-corrected chi connectivity index (χ0v) is 27.1. The van der Waals surface area contributed by atoms with Crippen LogP contribution in [0.4, 0.5) is 0 Å². The van der Waals surface area contributed by atoms with Crippen molar-refractivity contribution < 1.29 is 42.9 Å². The van der Waals surface area contributed by atoms with Gasteiger partial charge in [0.2, 0.25) is 17.7 Å². The maximum atomic E-state index is 12.0. The van der Waals surface area contributed by atoms with Gasteiger partial charge in [-0.15, -0.1) is 0 Å². The van der Waals surface area contributed by atoms with E-state index >= 15 is 0 Å². The lowest BCUT2D eigenvalue weighted by molar-refractivity contribution is -0.139. The van der Waals surface area contributed by atoms with Crippen molar-refractivity contribution in [3.8, 4) is 0 Å². The fourth-order valence-corrected chi connectivity index (χ4v) is 4.89. The summed E-state index contributed by atoms with van der Waals surface area (Å²) in [5, 5.41) is 0. The largest absolute Gasteiger partial charge is 0.379 e. The minimum absolute atomic E-state index is 0.0330. The number of amides is 5. The van der Waals surface area contributed by atoms with Crippen LogP contribution < -0.4 is 5.73 Å². The van der Waals surface area contributed by atoms with Crippen LogP contribution in [0.1, 0.15) is 59.8 Å². The molecule has 1 saturated heterocycles. The maximum absolute atomic E-state index is 12.0. The van der Waals surface area contributed by atoms with Crippen molar-refractivity contribution in [2.24, 2.45) is 17.6 Å². The highest BCUT2D eigenvalue weighted by molar-refractivity contribution is 6.12. The zero-order valence-electron chi connectivity index (χ0n) is 27.1. The Morgan fingerprint density at radius 3 is 1.66 bits per heavy atom. The van der Waals surface area contributed by atoms with Crippen molar-refractivity contribution in [1.29, 1.82) is 0 Å². The summed E-state index contributed by atoms with van der Waals surface area (Å²) < 4.78 is 21.3. The first kappa shape index (κ1) is 39.2. The SMILES string of the molecule is CC.CCOCCOCCOCCOCCC(=O)N1CCN(C(C)=O)CC1.NC(=O)C1CCC(CN2C(=O)C=CC2=O)CC1. The minimum atomic E-state index is -0.238. The smallest absolute Gasteiger partial charge is 0.253 e. The molecule has 3 aliphatic rings. The molecule has 2 aliphatic heterocycles. The number of imide groups is 1. The van der Waals surface area contributed by atoms with Crippen molar-refractivity contribution in [2.75, 3.05) is 85.6 Å². The fraction of sp³-hybridized carbons (Fsp3) is 0.774. The number of hydrogen-bond acceptors (Lipinski definition) is 9. The van der Waals surface area contributed by atoms with Crippen molar-refractivity contribution in [3.05, 3.63) is 12.2 Å². The predicted molar refractivity (Wildman–Crippen MR) is 164 cm³/mol. The normalized spacial score (nSPS) is 19.7. The lowest BCUT2D eigenvalue weighted by Gasteiger charge is -2.34. The monoisotopic (exact) mass is 626 g/mol. The van der Waals surface area contributed by atoms with Crippen LogP contribution in [-0.2, 0) is 42.9 Å². The third-order valence-corrected chi connectivity index (χ3v) is 7.45. The number of ether oxygens (including phenoxy) is 4. The minimum Gasteiger partial charge on any atom is -0.379 e. The number of carbonyl (C=O) groups excluding carboxylic acids is 5. The Morgan fingerprint density at radius 2 is 1.20 bits per heavy atom. The molecule has 0 radical (unpaired) electrons. The van der Waals surface area contributed by atoms with E-state index in [1.54, 1.807) is 16.7 Å². The molecule has 0 unspecified atom stereocenters. The van der Waals surface area contributed by atoms with Crippen molar-refractivity contribution in [3.63, 3.8) is 0 Å². The molecule has 252 valence electrons. The highest BCUT2D eigenvalue weighted by Crippen LogP contribution is 2.29. The van der Waals surface area contributed by atoms with Gasteiger partial charge in [0.25, 0.3) is 11.8 Å². The summed E-state index contributed by atoms with van der Waals surface area (Å²) in [6, 6.07) is 0. The molecule has 0 aromatic rings. The predicted octanol–water partition coefficient (Wildman–Crippen LogP) is 1.38. The van der Waals surface area contributed by atoms with Gasteiger partial charge in [-0.1, -0.05) is 13.8 Å². The third-order valence-electron chi connectivity index (χ3n) is 7.45. The van der Waals surface area contributed by atoms with Crippen molar-refractivity contribution in [2.45, 2.75) is 59.8 Å². The number of rotatable bonds is 16. The van der Waals surface area contributed by atoms with Crippen LogP contribution >= 0.6 is 0 Å². The molecule has 13 heteroatoms. The first-order chi connectivity index (χ1) is 21.2. The van der Waals surface area contributed by atoms with Gasteiger partial charge in [-0.05, 0) is 38.5 Å². The Balaban J connectivity index is 0.000000441. The molecule has 2 N–H and O–H groups in total. The summed E-state index contributed by atoms with van der Waals surface area (Å²) in [6.45, 7) is 14.7. The van der Waals surface area contributed by atoms with Gasteiger partial charge in [0.05, 0.1) is 52.7 Å². The standard InChI is InChI=1S/C17H32N2O6.C12H16N2O3.C2H6/c1-3-22-10-11-24-14-15-25-13-12-23-9-4-17(21)19-7-5-18(6-8-19)16(2)20;13-12(17)9-3-1-8(2-4-9)7-14-10(15)5-6-11(14)16;1-2/h3-15H2,1-2H3;5-6,8-9H,1-4,7H2,(H2,13,17);1-2H3. The van der Waals surface area contributed by atoms with Crippen LogP contribution in [0, 0.1) is 11.8 Å². The number of hydrogen-bond donors (Lipinski definition) is 1. The van der Waals surface area contributed by atoms with Crippen LogP contribution in [0.3, 0.4) is 0 Å². The molecule has 1 aliphatic carbocycles. The highest BCUT2D eigenvalue weighted by atomic mass is 16.6. The van der Waals surface area contributed by atoms with Crippen LogP contribution in [0.15, 0.2) is 12.2 Å². The average Bonchev–Trinajstić information content (AvgIpc) is 3.35. The molecule has 0 aromatic heterocycles. The molecule has 44 heavy (non-hydrogen) atoms. The lowest BCUT2D eigenvalue weighted by atomic mass is 9.81. The van der Waals surface area contributed by atoms with E-state index in [-0.39, 0.29) is 35.5 Å². The topological polar surface area (TPSA) is 158 Å². The van der Waals surface area contributed by atoms with E-state index in [1.165, 1.54) is 17.1 Å². The van der Waals surface area contributed by atoms with Gasteiger partial charge in [0.15, 0.2) is 0 Å². The molecule has 2 heterocycles. The van der Waals surface area contributed by atoms with E-state index in [9.17, 15) is 24.0 Å². The summed E-state index contributed by atoms with van der Waals surface area (Å²) in [7, 11) is 0. The van der Waals surface area contributed by atoms with E-state index in [0.717, 1.165) is 25.7 Å². The Kier molecular flexibility index (Phi) is 20.9. The van der Waals surface area contributed by atoms with Gasteiger partial charge in [-0.2, -0.15) is 0 Å². The quantitative estimate of drug-likeness (QED) is 0.197. The van der Waals surface area contributed by atoms with Crippen LogP contribution in [0.5, 0.6) is 0 Å². The number of carbonyl (C=O) groups is 5. The number of nitrogens with zero attached hydrogens (tertiary/aromatic N) is 3. The van der Waals surface area contributed by atoms with Crippen LogP contribution in [0.25, 0.3) is 0 Å². The maximum Gasteiger partial charge on any atom is 0.253 e. The average molecular weight is 627 g/mol. The molecule has 0 spiro atoms. The molecule has 0 bridgehead atoms. The van der Waals surface area contributed by atoms with E-state index in [1.807, 2.05) is 20.8 Å². The Hall–Kier alpha value is -2.87. The fourth-order valence-electron chi connectivity index (χ4n) is 4.89. The Labute approximate surface area is 262 Å². The summed E-state index contributed by atoms with van der Waals surface area (Å²) in [6.07, 6.45) is 6.21. The second kappa shape index (κ2) is 23.5. The number of nitrogens with two attached hydrogens (primary N) is 1. The molecule has 13 nitrogen and oxygen atoms in total. The number of piperazine rings is 1. The molecule has 2 fully saturated rings. The number of primary amides is 1. The van der Waals surface area contributed by atoms with Gasteiger partial charge in [0, 0.05) is 64.3 Å². The van der Waals surface area contributed by atoms with E-state index in [2.05, 4.69) is 0 Å². The van der Waals surface area contributed by atoms with Crippen LogP contribution in [-0.4, -0.2) is 130 Å². The van der Waals surface area contributed by atoms with Gasteiger partial charge in [-0.3, -0.25) is 28.9 Å². The second-order valence-corrected chi connectivity index (χ2v) is 10.4. The summed E-state index contributed by atoms with van der Waals surface area (Å²) in [4.78, 5) is 61.9.